The molecule has 1 aromatic heterocycles. The van der Waals surface area contributed by atoms with Crippen molar-refractivity contribution in [3.05, 3.63) is 17.2 Å². The molecule has 0 unspecified atom stereocenters. The Balaban J connectivity index is 2.22. The van der Waals surface area contributed by atoms with Crippen LogP contribution in [0.3, 0.4) is 0 Å². The molecule has 2 heterocycles. The molecule has 0 N–H and O–H groups in total. The molecule has 0 bridgehead atoms. The van der Waals surface area contributed by atoms with Crippen LogP contribution >= 0.6 is 0 Å². The first-order chi connectivity index (χ1) is 13.6. The van der Waals surface area contributed by atoms with Crippen LogP contribution in [-0.4, -0.2) is 61.9 Å². The number of nitriles is 1. The van der Waals surface area contributed by atoms with E-state index in [2.05, 4.69) is 11.1 Å². The monoisotopic (exact) mass is 404 g/mol. The van der Waals surface area contributed by atoms with Crippen molar-refractivity contribution in [3.63, 3.8) is 0 Å². The van der Waals surface area contributed by atoms with Crippen molar-refractivity contribution in [3.8, 4) is 11.9 Å². The minimum Gasteiger partial charge on any atom is -0.480 e. The number of hydrogen-bond donors (Lipinski definition) is 0. The molecule has 0 saturated carbocycles. The van der Waals surface area contributed by atoms with Crippen LogP contribution in [0.2, 0.25) is 0 Å². The molecule has 158 valence electrons. The topological polar surface area (TPSA) is 105 Å². The van der Waals surface area contributed by atoms with Crippen LogP contribution in [0, 0.1) is 17.2 Å². The molecule has 1 aliphatic heterocycles. The van der Waals surface area contributed by atoms with Gasteiger partial charge in [0, 0.05) is 20.1 Å². The molecule has 1 fully saturated rings. The Bertz CT molecular complexity index is 804. The molecule has 9 nitrogen and oxygen atoms in total. The summed E-state index contributed by atoms with van der Waals surface area (Å²) in [6.45, 7) is 6.62. The number of amides is 1. The summed E-state index contributed by atoms with van der Waals surface area (Å²) in [6, 6.07) is 3.56. The predicted octanol–water partition coefficient (Wildman–Crippen LogP) is 2.15. The van der Waals surface area contributed by atoms with Crippen LogP contribution in [0.15, 0.2) is 6.07 Å². The van der Waals surface area contributed by atoms with Crippen molar-refractivity contribution < 1.29 is 23.9 Å². The molecule has 0 spiro atoms. The maximum Gasteiger partial charge on any atom is 0.309 e. The highest BCUT2D eigenvalue weighted by atomic mass is 16.7. The summed E-state index contributed by atoms with van der Waals surface area (Å²) in [6.07, 6.45) is 1.19. The van der Waals surface area contributed by atoms with Crippen LogP contribution in [0.5, 0.6) is 5.88 Å². The van der Waals surface area contributed by atoms with Crippen LogP contribution < -0.4 is 9.64 Å². The molecular formula is C20H28N4O5. The van der Waals surface area contributed by atoms with Gasteiger partial charge in [-0.05, 0) is 39.7 Å². The molecule has 9 heteroatoms. The van der Waals surface area contributed by atoms with Crippen molar-refractivity contribution in [2.75, 3.05) is 39.3 Å². The van der Waals surface area contributed by atoms with E-state index in [1.54, 1.807) is 0 Å². The van der Waals surface area contributed by atoms with Gasteiger partial charge in [0.15, 0.2) is 5.82 Å². The number of ether oxygens (including phenoxy) is 2. The van der Waals surface area contributed by atoms with Gasteiger partial charge in [0.2, 0.25) is 5.88 Å². The molecular weight excluding hydrogens is 376 g/mol. The van der Waals surface area contributed by atoms with Gasteiger partial charge in [0.25, 0.3) is 5.91 Å². The van der Waals surface area contributed by atoms with Gasteiger partial charge < -0.3 is 14.4 Å². The molecule has 0 atom stereocenters. The number of esters is 1. The molecule has 1 aliphatic rings. The summed E-state index contributed by atoms with van der Waals surface area (Å²) >= 11 is 0. The number of nitrogens with zero attached hydrogens (tertiary/aromatic N) is 4. The highest BCUT2D eigenvalue weighted by Gasteiger charge is 2.31. The zero-order valence-electron chi connectivity index (χ0n) is 17.8. The third kappa shape index (κ3) is 5.35. The van der Waals surface area contributed by atoms with E-state index < -0.39 is 11.5 Å². The van der Waals surface area contributed by atoms with Gasteiger partial charge >= 0.3 is 5.97 Å². The van der Waals surface area contributed by atoms with Crippen LogP contribution in [0.4, 0.5) is 5.82 Å². The summed E-state index contributed by atoms with van der Waals surface area (Å²) < 4.78 is 10.8. The lowest BCUT2D eigenvalue weighted by atomic mass is 9.96. The van der Waals surface area contributed by atoms with Crippen molar-refractivity contribution in [2.24, 2.45) is 5.92 Å². The molecule has 2 rings (SSSR count). The number of anilines is 1. The van der Waals surface area contributed by atoms with Crippen LogP contribution in [0.1, 0.15) is 49.5 Å². The maximum atomic E-state index is 12.4. The van der Waals surface area contributed by atoms with E-state index in [4.69, 9.17) is 14.3 Å². The van der Waals surface area contributed by atoms with E-state index in [0.717, 1.165) is 5.06 Å². The van der Waals surface area contributed by atoms with Crippen molar-refractivity contribution >= 4 is 17.7 Å². The van der Waals surface area contributed by atoms with Gasteiger partial charge in [0.1, 0.15) is 17.2 Å². The summed E-state index contributed by atoms with van der Waals surface area (Å²) in [4.78, 5) is 36.0. The van der Waals surface area contributed by atoms with Gasteiger partial charge in [-0.1, -0.05) is 0 Å². The van der Waals surface area contributed by atoms with Gasteiger partial charge in [-0.15, -0.1) is 0 Å². The number of carbonyl (C=O) groups excluding carboxylic acids is 2. The number of piperidine rings is 1. The first-order valence-corrected chi connectivity index (χ1v) is 9.40. The van der Waals surface area contributed by atoms with Gasteiger partial charge in [0.05, 0.1) is 25.7 Å². The molecule has 1 aromatic rings. The van der Waals surface area contributed by atoms with E-state index in [1.807, 2.05) is 25.7 Å². The number of carbonyl (C=O) groups is 2. The van der Waals surface area contributed by atoms with E-state index in [9.17, 15) is 14.9 Å². The number of pyridine rings is 1. The third-order valence-corrected chi connectivity index (χ3v) is 4.61. The predicted molar refractivity (Wildman–Crippen MR) is 105 cm³/mol. The zero-order chi connectivity index (χ0) is 21.8. The second kappa shape index (κ2) is 9.09. The number of rotatable bonds is 5. The normalized spacial score (nSPS) is 14.9. The largest absolute Gasteiger partial charge is 0.480 e. The second-order valence-corrected chi connectivity index (χ2v) is 7.81. The Morgan fingerprint density at radius 1 is 1.28 bits per heavy atom. The highest BCUT2D eigenvalue weighted by Crippen LogP contribution is 2.30. The van der Waals surface area contributed by atoms with Crippen LogP contribution in [0.25, 0.3) is 0 Å². The molecule has 0 aliphatic carbocycles. The van der Waals surface area contributed by atoms with Crippen LogP contribution in [-0.2, 0) is 14.4 Å². The summed E-state index contributed by atoms with van der Waals surface area (Å²) in [5.41, 5.74) is -0.121. The number of hydrogen-bond acceptors (Lipinski definition) is 8. The lowest BCUT2D eigenvalue weighted by Crippen LogP contribution is -2.39. The number of hydroxylamine groups is 2. The molecule has 1 saturated heterocycles. The molecule has 0 aromatic carbocycles. The van der Waals surface area contributed by atoms with Crippen molar-refractivity contribution in [2.45, 2.75) is 39.2 Å². The van der Waals surface area contributed by atoms with E-state index in [1.165, 1.54) is 27.3 Å². The zero-order valence-corrected chi connectivity index (χ0v) is 17.8. The maximum absolute atomic E-state index is 12.4. The first kappa shape index (κ1) is 22.4. The highest BCUT2D eigenvalue weighted by molar-refractivity contribution is 5.96. The summed E-state index contributed by atoms with van der Waals surface area (Å²) in [7, 11) is 4.24. The van der Waals surface area contributed by atoms with E-state index >= 15 is 0 Å². The number of methoxy groups -OCH3 is 1. The summed E-state index contributed by atoms with van der Waals surface area (Å²) in [5, 5.41) is 10.6. The fourth-order valence-electron chi connectivity index (χ4n) is 3.08. The fourth-order valence-corrected chi connectivity index (χ4v) is 3.08. The summed E-state index contributed by atoms with van der Waals surface area (Å²) in [5.74, 6) is -0.310. The molecule has 29 heavy (non-hydrogen) atoms. The van der Waals surface area contributed by atoms with Gasteiger partial charge in [-0.3, -0.25) is 14.4 Å². The van der Waals surface area contributed by atoms with Gasteiger partial charge in [-0.2, -0.15) is 10.2 Å². The Labute approximate surface area is 171 Å². The Hall–Kier alpha value is -2.86. The SMILES string of the molecule is COc1nc(N2CCC(C(=O)OC(C)(C)C)CC2)c(C#N)cc1C(=O)N(C)OC. The lowest BCUT2D eigenvalue weighted by Gasteiger charge is -2.33. The minimum atomic E-state index is -0.519. The quantitative estimate of drug-likeness (QED) is 0.543. The average Bonchev–Trinajstić information content (AvgIpc) is 2.70. The Morgan fingerprint density at radius 3 is 2.38 bits per heavy atom. The average molecular weight is 404 g/mol. The standard InChI is InChI=1S/C20H28N4O5/c1-20(2,3)29-19(26)13-7-9-24(10-8-13)16-14(12-21)11-15(17(22-16)27-5)18(25)23(4)28-6/h11,13H,7-10H2,1-6H3. The first-order valence-electron chi connectivity index (χ1n) is 9.40. The minimum absolute atomic E-state index is 0.113. The smallest absolute Gasteiger partial charge is 0.309 e. The fraction of sp³-hybridized carbons (Fsp3) is 0.600. The molecule has 0 radical (unpaired) electrons. The molecule has 1 amide bonds. The third-order valence-electron chi connectivity index (χ3n) is 4.61. The number of aromatic nitrogens is 1. The second-order valence-electron chi connectivity index (χ2n) is 7.81. The van der Waals surface area contributed by atoms with Gasteiger partial charge in [-0.25, -0.2) is 5.06 Å². The van der Waals surface area contributed by atoms with E-state index in [-0.39, 0.29) is 28.9 Å². The Morgan fingerprint density at radius 2 is 1.90 bits per heavy atom. The lowest BCUT2D eigenvalue weighted by molar-refractivity contribution is -0.160. The van der Waals surface area contributed by atoms with Crippen molar-refractivity contribution in [1.82, 2.24) is 10.0 Å². The Kier molecular flexibility index (Phi) is 7.03. The van der Waals surface area contributed by atoms with Crippen molar-refractivity contribution in [1.29, 1.82) is 5.26 Å². The van der Waals surface area contributed by atoms with E-state index in [0.29, 0.717) is 31.7 Å².